The molecule has 10 rings (SSSR count). The highest BCUT2D eigenvalue weighted by atomic mass is 79.9. The van der Waals surface area contributed by atoms with Crippen LogP contribution in [-0.4, -0.2) is 34.9 Å². The normalized spacial score (nSPS) is 24.4. The lowest BCUT2D eigenvalue weighted by molar-refractivity contribution is -0.122. The maximum absolute atomic E-state index is 14.6. The van der Waals surface area contributed by atoms with E-state index in [4.69, 9.17) is 0 Å². The maximum atomic E-state index is 14.6. The number of benzene rings is 5. The van der Waals surface area contributed by atoms with Crippen molar-refractivity contribution in [3.63, 3.8) is 0 Å². The van der Waals surface area contributed by atoms with Gasteiger partial charge in [-0.05, 0) is 64.0 Å². The van der Waals surface area contributed by atoms with Crippen LogP contribution in [0.4, 0.5) is 5.69 Å². The summed E-state index contributed by atoms with van der Waals surface area (Å²) in [6.07, 6.45) is 1.58. The number of hydrogen-bond donors (Lipinski definition) is 0. The predicted molar refractivity (Wildman–Crippen MR) is 172 cm³/mol. The van der Waals surface area contributed by atoms with Gasteiger partial charge in [0.1, 0.15) is 0 Å². The molecule has 4 amide bonds. The SMILES string of the molecule is O=C1c2cccc3cccc(c23)C(=O)N1/N=C/C12c3ccccc3C(c3ccccc31)C1C(=O)N(c3ccc(Br)cc3)C(=O)C12. The van der Waals surface area contributed by atoms with E-state index in [2.05, 4.69) is 21.0 Å². The average molecular weight is 653 g/mol. The Morgan fingerprint density at radius 3 is 1.84 bits per heavy atom. The van der Waals surface area contributed by atoms with Crippen molar-refractivity contribution in [3.05, 3.63) is 147 Å². The Labute approximate surface area is 265 Å². The summed E-state index contributed by atoms with van der Waals surface area (Å²) in [6, 6.07) is 33.5. The van der Waals surface area contributed by atoms with Crippen LogP contribution < -0.4 is 4.90 Å². The summed E-state index contributed by atoms with van der Waals surface area (Å²) in [5, 5.41) is 6.98. The lowest BCUT2D eigenvalue weighted by Gasteiger charge is -2.52. The van der Waals surface area contributed by atoms with Gasteiger partial charge in [-0.25, -0.2) is 4.90 Å². The van der Waals surface area contributed by atoms with Gasteiger partial charge >= 0.3 is 0 Å². The van der Waals surface area contributed by atoms with Crippen molar-refractivity contribution < 1.29 is 19.2 Å². The first-order valence-corrected chi connectivity index (χ1v) is 15.5. The van der Waals surface area contributed by atoms with Gasteiger partial charge in [0, 0.05) is 22.0 Å². The minimum Gasteiger partial charge on any atom is -0.274 e. The number of carbonyl (C=O) groups is 4. The minimum absolute atomic E-state index is 0.273. The van der Waals surface area contributed by atoms with Crippen molar-refractivity contribution in [1.29, 1.82) is 0 Å². The molecule has 8 heteroatoms. The van der Waals surface area contributed by atoms with Crippen LogP contribution in [0.5, 0.6) is 0 Å². The highest BCUT2D eigenvalue weighted by molar-refractivity contribution is 9.10. The van der Waals surface area contributed by atoms with Crippen LogP contribution in [0, 0.1) is 11.8 Å². The molecule has 0 N–H and O–H groups in total. The fourth-order valence-corrected chi connectivity index (χ4v) is 8.43. The molecule has 0 saturated carbocycles. The number of amides is 4. The van der Waals surface area contributed by atoms with Crippen molar-refractivity contribution >= 4 is 62.2 Å². The first-order valence-electron chi connectivity index (χ1n) is 14.7. The van der Waals surface area contributed by atoms with Gasteiger partial charge in [0.2, 0.25) is 11.8 Å². The van der Waals surface area contributed by atoms with Gasteiger partial charge in [0.05, 0.1) is 34.1 Å². The highest BCUT2D eigenvalue weighted by Gasteiger charge is 2.68. The quantitative estimate of drug-likeness (QED) is 0.166. The Morgan fingerprint density at radius 2 is 1.24 bits per heavy atom. The molecule has 2 atom stereocenters. The zero-order valence-corrected chi connectivity index (χ0v) is 25.1. The van der Waals surface area contributed by atoms with Crippen LogP contribution in [0.25, 0.3) is 10.8 Å². The molecule has 5 aromatic carbocycles. The second-order valence-electron chi connectivity index (χ2n) is 11.9. The molecule has 1 fully saturated rings. The molecule has 0 radical (unpaired) electrons. The number of imide groups is 2. The van der Waals surface area contributed by atoms with Crippen molar-refractivity contribution in [2.24, 2.45) is 16.9 Å². The standard InChI is InChI=1S/C37H22BrN3O4/c38-21-15-17-22(18-16-21)40-35(44)31-30-23-9-1-3-13-27(23)37(32(31)36(40)45,28-14-4-2-10-24(28)30)19-39-41-33(42)25-11-5-7-20-8-6-12-26(29(20)25)34(41)43/h1-19,30-32H/b39-19+. The van der Waals surface area contributed by atoms with Gasteiger partial charge in [-0.15, -0.1) is 0 Å². The van der Waals surface area contributed by atoms with E-state index in [1.54, 1.807) is 54.7 Å². The van der Waals surface area contributed by atoms with Crippen molar-refractivity contribution in [3.8, 4) is 0 Å². The second kappa shape index (κ2) is 9.15. The Balaban J connectivity index is 1.27. The fourth-order valence-electron chi connectivity index (χ4n) is 8.17. The topological polar surface area (TPSA) is 87.1 Å². The van der Waals surface area contributed by atoms with E-state index in [1.807, 2.05) is 60.7 Å². The van der Waals surface area contributed by atoms with E-state index in [9.17, 15) is 19.2 Å². The smallest absolute Gasteiger partial charge is 0.274 e. The summed E-state index contributed by atoms with van der Waals surface area (Å²) in [7, 11) is 0. The summed E-state index contributed by atoms with van der Waals surface area (Å²) < 4.78 is 0.833. The molecule has 2 aliphatic heterocycles. The molecular formula is C37H22BrN3O4. The number of hydrazone groups is 1. The Morgan fingerprint density at radius 1 is 0.667 bits per heavy atom. The van der Waals surface area contributed by atoms with Gasteiger partial charge < -0.3 is 0 Å². The number of anilines is 1. The summed E-state index contributed by atoms with van der Waals surface area (Å²) in [5.41, 5.74) is 3.62. The van der Waals surface area contributed by atoms with Crippen LogP contribution in [-0.2, 0) is 15.0 Å². The van der Waals surface area contributed by atoms with Gasteiger partial charge in [0.15, 0.2) is 0 Å². The molecule has 5 aliphatic rings. The number of nitrogens with zero attached hydrogens (tertiary/aromatic N) is 3. The summed E-state index contributed by atoms with van der Waals surface area (Å²) in [4.78, 5) is 58.0. The predicted octanol–water partition coefficient (Wildman–Crippen LogP) is 6.44. The summed E-state index contributed by atoms with van der Waals surface area (Å²) >= 11 is 3.44. The summed E-state index contributed by atoms with van der Waals surface area (Å²) in [6.45, 7) is 0. The van der Waals surface area contributed by atoms with Crippen LogP contribution in [0.3, 0.4) is 0 Å². The van der Waals surface area contributed by atoms with Crippen molar-refractivity contribution in [1.82, 2.24) is 5.01 Å². The molecule has 3 aliphatic carbocycles. The number of rotatable bonds is 3. The Hall–Kier alpha value is -5.21. The van der Waals surface area contributed by atoms with Crippen molar-refractivity contribution in [2.45, 2.75) is 11.3 Å². The van der Waals surface area contributed by atoms with E-state index < -0.39 is 29.1 Å². The molecule has 2 bridgehead atoms. The van der Waals surface area contributed by atoms with Crippen LogP contribution >= 0.6 is 15.9 Å². The highest BCUT2D eigenvalue weighted by Crippen LogP contribution is 2.63. The molecular weight excluding hydrogens is 630 g/mol. The van der Waals surface area contributed by atoms with E-state index in [-0.39, 0.29) is 17.7 Å². The Kier molecular flexibility index (Phi) is 5.33. The minimum atomic E-state index is -1.22. The second-order valence-corrected chi connectivity index (χ2v) is 12.8. The van der Waals surface area contributed by atoms with E-state index in [0.29, 0.717) is 22.2 Å². The zero-order chi connectivity index (χ0) is 30.6. The monoisotopic (exact) mass is 651 g/mol. The van der Waals surface area contributed by atoms with E-state index in [0.717, 1.165) is 37.1 Å². The van der Waals surface area contributed by atoms with Crippen LogP contribution in [0.15, 0.2) is 119 Å². The molecule has 0 aromatic heterocycles. The van der Waals surface area contributed by atoms with Gasteiger partial charge in [-0.2, -0.15) is 10.1 Å². The van der Waals surface area contributed by atoms with Gasteiger partial charge in [-0.1, -0.05) is 88.7 Å². The number of carbonyl (C=O) groups excluding carboxylic acids is 4. The third-order valence-corrected chi connectivity index (χ3v) is 10.4. The average Bonchev–Trinajstić information content (AvgIpc) is 3.34. The third kappa shape index (κ3) is 3.27. The first kappa shape index (κ1) is 26.2. The molecule has 5 aromatic rings. The largest absolute Gasteiger partial charge is 0.282 e. The molecule has 7 nitrogen and oxygen atoms in total. The molecule has 2 unspecified atom stereocenters. The zero-order valence-electron chi connectivity index (χ0n) is 23.6. The van der Waals surface area contributed by atoms with E-state index in [1.165, 1.54) is 4.90 Å². The van der Waals surface area contributed by atoms with Gasteiger partial charge in [0.25, 0.3) is 11.8 Å². The maximum Gasteiger partial charge on any atom is 0.282 e. The van der Waals surface area contributed by atoms with E-state index >= 15 is 0 Å². The molecule has 45 heavy (non-hydrogen) atoms. The molecule has 1 saturated heterocycles. The van der Waals surface area contributed by atoms with Crippen LogP contribution in [0.1, 0.15) is 48.9 Å². The molecule has 2 heterocycles. The number of halogens is 1. The van der Waals surface area contributed by atoms with Gasteiger partial charge in [-0.3, -0.25) is 19.2 Å². The lowest BCUT2D eigenvalue weighted by Crippen LogP contribution is -2.55. The third-order valence-electron chi connectivity index (χ3n) is 9.90. The Bertz CT molecular complexity index is 2110. The van der Waals surface area contributed by atoms with Crippen molar-refractivity contribution in [2.75, 3.05) is 4.90 Å². The number of hydrogen-bond acceptors (Lipinski definition) is 5. The molecule has 0 spiro atoms. The lowest BCUT2D eigenvalue weighted by atomic mass is 9.47. The molecule has 216 valence electrons. The fraction of sp³-hybridized carbons (Fsp3) is 0.108. The first-order chi connectivity index (χ1) is 21.9. The summed E-state index contributed by atoms with van der Waals surface area (Å²) in [5.74, 6) is -3.55. The van der Waals surface area contributed by atoms with Crippen LogP contribution in [0.2, 0.25) is 0 Å².